The molecule has 1 aliphatic carbocycles. The van der Waals surface area contributed by atoms with Gasteiger partial charge in [0.1, 0.15) is 6.61 Å². The van der Waals surface area contributed by atoms with Crippen molar-refractivity contribution in [3.63, 3.8) is 0 Å². The fraction of sp³-hybridized carbons (Fsp3) is 0.857. The van der Waals surface area contributed by atoms with Crippen LogP contribution in [0.2, 0.25) is 0 Å². The van der Waals surface area contributed by atoms with Gasteiger partial charge in [-0.1, -0.05) is 32.6 Å². The highest BCUT2D eigenvalue weighted by Crippen LogP contribution is 2.29. The van der Waals surface area contributed by atoms with Crippen molar-refractivity contribution in [2.75, 3.05) is 26.3 Å². The molecule has 20 heavy (non-hydrogen) atoms. The Morgan fingerprint density at radius 1 is 1.15 bits per heavy atom. The molecule has 0 aliphatic heterocycles. The predicted molar refractivity (Wildman–Crippen MR) is 75.6 cm³/mol. The summed E-state index contributed by atoms with van der Waals surface area (Å²) < 4.78 is 4.81. The van der Waals surface area contributed by atoms with E-state index >= 15 is 0 Å². The minimum Gasteiger partial charge on any atom is -0.480 e. The van der Waals surface area contributed by atoms with E-state index in [1.54, 1.807) is 0 Å². The molecule has 0 unspecified atom stereocenters. The first kappa shape index (κ1) is 16.8. The lowest BCUT2D eigenvalue weighted by Gasteiger charge is -2.26. The van der Waals surface area contributed by atoms with Crippen LogP contribution in [-0.4, -0.2) is 43.4 Å². The van der Waals surface area contributed by atoms with Crippen LogP contribution in [-0.2, 0) is 9.53 Å². The number of hydrogen-bond donors (Lipinski definition) is 3. The van der Waals surface area contributed by atoms with Crippen molar-refractivity contribution in [3.05, 3.63) is 0 Å². The van der Waals surface area contributed by atoms with E-state index in [0.717, 1.165) is 18.3 Å². The van der Waals surface area contributed by atoms with Gasteiger partial charge in [-0.2, -0.15) is 0 Å². The van der Waals surface area contributed by atoms with Crippen LogP contribution in [0, 0.1) is 11.8 Å². The predicted octanol–water partition coefficient (Wildman–Crippen LogP) is 1.60. The molecule has 1 aliphatic rings. The highest BCUT2D eigenvalue weighted by Gasteiger charge is 2.17. The molecular formula is C14H26N2O4. The lowest BCUT2D eigenvalue weighted by Crippen LogP contribution is -2.38. The van der Waals surface area contributed by atoms with Crippen LogP contribution in [0.4, 0.5) is 4.79 Å². The number of carbonyl (C=O) groups excluding carboxylic acids is 1. The molecule has 1 fully saturated rings. The van der Waals surface area contributed by atoms with Crippen molar-refractivity contribution in [2.45, 2.75) is 39.0 Å². The van der Waals surface area contributed by atoms with E-state index < -0.39 is 5.97 Å². The topological polar surface area (TPSA) is 87.7 Å². The second-order valence-corrected chi connectivity index (χ2v) is 5.54. The molecule has 0 aromatic rings. The number of urea groups is 1. The second-order valence-electron chi connectivity index (χ2n) is 5.54. The summed E-state index contributed by atoms with van der Waals surface area (Å²) >= 11 is 0. The first-order valence-electron chi connectivity index (χ1n) is 7.39. The van der Waals surface area contributed by atoms with E-state index in [2.05, 4.69) is 17.6 Å². The number of nitrogens with one attached hydrogen (secondary N) is 2. The molecule has 0 spiro atoms. The van der Waals surface area contributed by atoms with Crippen molar-refractivity contribution < 1.29 is 19.4 Å². The van der Waals surface area contributed by atoms with E-state index in [1.165, 1.54) is 25.7 Å². The van der Waals surface area contributed by atoms with Gasteiger partial charge in [-0.3, -0.25) is 0 Å². The smallest absolute Gasteiger partial charge is 0.329 e. The fourth-order valence-corrected chi connectivity index (χ4v) is 2.47. The van der Waals surface area contributed by atoms with Crippen LogP contribution in [0.25, 0.3) is 0 Å². The average Bonchev–Trinajstić information content (AvgIpc) is 2.40. The maximum absolute atomic E-state index is 11.4. The van der Waals surface area contributed by atoms with Crippen molar-refractivity contribution in [3.8, 4) is 0 Å². The van der Waals surface area contributed by atoms with Crippen LogP contribution in [0.5, 0.6) is 0 Å². The highest BCUT2D eigenvalue weighted by molar-refractivity contribution is 5.73. The molecule has 3 N–H and O–H groups in total. The zero-order valence-electron chi connectivity index (χ0n) is 12.2. The van der Waals surface area contributed by atoms with Crippen molar-refractivity contribution in [2.24, 2.45) is 11.8 Å². The third-order valence-corrected chi connectivity index (χ3v) is 3.73. The third-order valence-electron chi connectivity index (χ3n) is 3.73. The standard InChI is InChI=1S/C14H26N2O4/c1-11-2-4-12(5-3-11)6-7-15-14(19)16-8-9-20-10-13(17)18/h11-12H,2-10H2,1H3,(H,17,18)(H2,15,16,19). The van der Waals surface area contributed by atoms with Gasteiger partial charge in [-0.15, -0.1) is 0 Å². The minimum atomic E-state index is -1.00. The summed E-state index contributed by atoms with van der Waals surface area (Å²) in [6.45, 7) is 3.19. The minimum absolute atomic E-state index is 0.209. The molecular weight excluding hydrogens is 260 g/mol. The summed E-state index contributed by atoms with van der Waals surface area (Å²) in [6.07, 6.45) is 6.19. The lowest BCUT2D eigenvalue weighted by atomic mass is 9.81. The van der Waals surface area contributed by atoms with Gasteiger partial charge in [0.2, 0.25) is 0 Å². The summed E-state index contributed by atoms with van der Waals surface area (Å²) in [7, 11) is 0. The van der Waals surface area contributed by atoms with Crippen LogP contribution in [0.15, 0.2) is 0 Å². The molecule has 2 amide bonds. The SMILES string of the molecule is CC1CCC(CCNC(=O)NCCOCC(=O)O)CC1. The van der Waals surface area contributed by atoms with Gasteiger partial charge in [0.05, 0.1) is 6.61 Å². The van der Waals surface area contributed by atoms with E-state index in [9.17, 15) is 9.59 Å². The van der Waals surface area contributed by atoms with Gasteiger partial charge in [0.15, 0.2) is 0 Å². The van der Waals surface area contributed by atoms with Gasteiger partial charge in [0, 0.05) is 13.1 Å². The van der Waals surface area contributed by atoms with Crippen molar-refractivity contribution in [1.82, 2.24) is 10.6 Å². The fourth-order valence-electron chi connectivity index (χ4n) is 2.47. The zero-order chi connectivity index (χ0) is 14.8. The van der Waals surface area contributed by atoms with Gasteiger partial charge in [-0.05, 0) is 18.3 Å². The van der Waals surface area contributed by atoms with Crippen LogP contribution >= 0.6 is 0 Å². The maximum Gasteiger partial charge on any atom is 0.329 e. The van der Waals surface area contributed by atoms with E-state index in [1.807, 2.05) is 0 Å². The summed E-state index contributed by atoms with van der Waals surface area (Å²) in [6, 6.07) is -0.215. The molecule has 0 heterocycles. The first-order valence-corrected chi connectivity index (χ1v) is 7.39. The number of amides is 2. The Morgan fingerprint density at radius 2 is 1.80 bits per heavy atom. The normalized spacial score (nSPS) is 22.2. The molecule has 0 atom stereocenters. The van der Waals surface area contributed by atoms with Crippen LogP contribution < -0.4 is 10.6 Å². The van der Waals surface area contributed by atoms with E-state index in [-0.39, 0.29) is 19.2 Å². The Bertz CT molecular complexity index is 302. The monoisotopic (exact) mass is 286 g/mol. The number of hydrogen-bond acceptors (Lipinski definition) is 3. The molecule has 0 aromatic carbocycles. The van der Waals surface area contributed by atoms with Gasteiger partial charge >= 0.3 is 12.0 Å². The Balaban J connectivity index is 1.93. The maximum atomic E-state index is 11.4. The second kappa shape index (κ2) is 9.58. The Hall–Kier alpha value is -1.30. The Labute approximate surface area is 120 Å². The number of aliphatic carboxylic acids is 1. The van der Waals surface area contributed by atoms with E-state index in [0.29, 0.717) is 13.1 Å². The summed E-state index contributed by atoms with van der Waals surface area (Å²) in [5.74, 6) is 0.593. The van der Waals surface area contributed by atoms with Crippen LogP contribution in [0.3, 0.4) is 0 Å². The summed E-state index contributed by atoms with van der Waals surface area (Å²) in [5, 5.41) is 13.8. The van der Waals surface area contributed by atoms with E-state index in [4.69, 9.17) is 9.84 Å². The molecule has 116 valence electrons. The number of carboxylic acid groups (broad SMARTS) is 1. The molecule has 0 bridgehead atoms. The highest BCUT2D eigenvalue weighted by atomic mass is 16.5. The molecule has 1 saturated carbocycles. The third kappa shape index (κ3) is 7.99. The Morgan fingerprint density at radius 3 is 2.45 bits per heavy atom. The largest absolute Gasteiger partial charge is 0.480 e. The molecule has 0 aromatic heterocycles. The summed E-state index contributed by atoms with van der Waals surface area (Å²) in [5.41, 5.74) is 0. The number of ether oxygens (including phenoxy) is 1. The molecule has 1 rings (SSSR count). The molecule has 6 heteroatoms. The Kier molecular flexibility index (Phi) is 8.02. The van der Waals surface area contributed by atoms with Crippen molar-refractivity contribution >= 4 is 12.0 Å². The molecule has 0 saturated heterocycles. The lowest BCUT2D eigenvalue weighted by molar-refractivity contribution is -0.142. The molecule has 0 radical (unpaired) electrons. The first-order chi connectivity index (χ1) is 9.58. The summed E-state index contributed by atoms with van der Waals surface area (Å²) in [4.78, 5) is 21.6. The van der Waals surface area contributed by atoms with Gasteiger partial charge in [0.25, 0.3) is 0 Å². The zero-order valence-corrected chi connectivity index (χ0v) is 12.2. The van der Waals surface area contributed by atoms with Gasteiger partial charge < -0.3 is 20.5 Å². The average molecular weight is 286 g/mol. The van der Waals surface area contributed by atoms with Crippen molar-refractivity contribution in [1.29, 1.82) is 0 Å². The van der Waals surface area contributed by atoms with Crippen LogP contribution in [0.1, 0.15) is 39.0 Å². The quantitative estimate of drug-likeness (QED) is 0.591. The number of carboxylic acids is 1. The van der Waals surface area contributed by atoms with Gasteiger partial charge in [-0.25, -0.2) is 9.59 Å². The number of carbonyl (C=O) groups is 2. The molecule has 6 nitrogen and oxygen atoms in total. The number of rotatable bonds is 8.